The van der Waals surface area contributed by atoms with E-state index in [0.717, 1.165) is 21.2 Å². The Kier molecular flexibility index (Phi) is 4.87. The summed E-state index contributed by atoms with van der Waals surface area (Å²) in [5.74, 6) is 5.71. The van der Waals surface area contributed by atoms with Crippen LogP contribution in [0.15, 0.2) is 40.9 Å². The summed E-state index contributed by atoms with van der Waals surface area (Å²) in [5, 5.41) is 1.04. The van der Waals surface area contributed by atoms with Gasteiger partial charge in [0.25, 0.3) is 0 Å². The number of halogens is 3. The van der Waals surface area contributed by atoms with E-state index < -0.39 is 0 Å². The predicted octanol–water partition coefficient (Wildman–Crippen LogP) is 4.62. The summed E-state index contributed by atoms with van der Waals surface area (Å²) in [7, 11) is 0. The van der Waals surface area contributed by atoms with Gasteiger partial charge in [0.2, 0.25) is 0 Å². The molecule has 3 N–H and O–H groups in total. The average Bonchev–Trinajstić information content (AvgIpc) is 2.40. The Balaban J connectivity index is 2.57. The van der Waals surface area contributed by atoms with E-state index in [4.69, 9.17) is 29.0 Å². The molecule has 0 aromatic heterocycles. The normalized spacial score (nSPS) is 12.5. The Bertz CT molecular complexity index is 550. The van der Waals surface area contributed by atoms with Crippen LogP contribution in [0, 0.1) is 6.92 Å². The Morgan fingerprint density at radius 2 is 1.74 bits per heavy atom. The highest BCUT2D eigenvalue weighted by molar-refractivity contribution is 9.10. The molecular formula is C14H13BrCl2N2. The lowest BCUT2D eigenvalue weighted by Gasteiger charge is -2.21. The van der Waals surface area contributed by atoms with E-state index >= 15 is 0 Å². The third kappa shape index (κ3) is 2.96. The summed E-state index contributed by atoms with van der Waals surface area (Å²) in [4.78, 5) is 0. The van der Waals surface area contributed by atoms with Crippen LogP contribution in [0.3, 0.4) is 0 Å². The number of nitrogens with two attached hydrogens (primary N) is 1. The van der Waals surface area contributed by atoms with Gasteiger partial charge in [-0.2, -0.15) is 0 Å². The van der Waals surface area contributed by atoms with Gasteiger partial charge in [0, 0.05) is 4.47 Å². The molecule has 2 nitrogen and oxygen atoms in total. The molecule has 0 aliphatic rings. The molecule has 19 heavy (non-hydrogen) atoms. The standard InChI is InChI=1S/C14H13BrCl2N2/c1-8-9(4-2-6-11(8)15)14(19-18)10-5-3-7-12(16)13(10)17/h2-7,14,19H,18H2,1H3. The summed E-state index contributed by atoms with van der Waals surface area (Å²) in [6.07, 6.45) is 0. The molecule has 0 spiro atoms. The Morgan fingerprint density at radius 1 is 1.11 bits per heavy atom. The molecule has 0 aliphatic carbocycles. The van der Waals surface area contributed by atoms with Crippen molar-refractivity contribution < 1.29 is 0 Å². The van der Waals surface area contributed by atoms with Gasteiger partial charge in [-0.1, -0.05) is 63.4 Å². The molecule has 2 aromatic rings. The van der Waals surface area contributed by atoms with Crippen LogP contribution in [0.4, 0.5) is 0 Å². The van der Waals surface area contributed by atoms with E-state index in [1.165, 1.54) is 0 Å². The number of nitrogens with one attached hydrogen (secondary N) is 1. The van der Waals surface area contributed by atoms with Crippen molar-refractivity contribution in [1.82, 2.24) is 5.43 Å². The first kappa shape index (κ1) is 14.8. The van der Waals surface area contributed by atoms with Crippen molar-refractivity contribution in [3.05, 3.63) is 67.6 Å². The minimum Gasteiger partial charge on any atom is -0.271 e. The third-order valence-corrected chi connectivity index (χ3v) is 4.77. The van der Waals surface area contributed by atoms with Crippen molar-refractivity contribution in [3.8, 4) is 0 Å². The molecular weight excluding hydrogens is 347 g/mol. The molecule has 0 amide bonds. The summed E-state index contributed by atoms with van der Waals surface area (Å²) < 4.78 is 1.03. The maximum absolute atomic E-state index is 6.27. The van der Waals surface area contributed by atoms with Crippen molar-refractivity contribution in [2.75, 3.05) is 0 Å². The van der Waals surface area contributed by atoms with Crippen LogP contribution in [0.1, 0.15) is 22.7 Å². The predicted molar refractivity (Wildman–Crippen MR) is 84.5 cm³/mol. The Labute approximate surface area is 131 Å². The maximum Gasteiger partial charge on any atom is 0.0728 e. The summed E-state index contributed by atoms with van der Waals surface area (Å²) in [6.45, 7) is 2.03. The topological polar surface area (TPSA) is 38.0 Å². The third-order valence-electron chi connectivity index (χ3n) is 3.08. The first-order valence-corrected chi connectivity index (χ1v) is 7.26. The zero-order chi connectivity index (χ0) is 14.0. The monoisotopic (exact) mass is 358 g/mol. The van der Waals surface area contributed by atoms with Crippen molar-refractivity contribution in [2.45, 2.75) is 13.0 Å². The largest absolute Gasteiger partial charge is 0.271 e. The highest BCUT2D eigenvalue weighted by Gasteiger charge is 2.19. The van der Waals surface area contributed by atoms with Crippen LogP contribution in [-0.2, 0) is 0 Å². The molecule has 0 saturated carbocycles. The molecule has 100 valence electrons. The van der Waals surface area contributed by atoms with Crippen molar-refractivity contribution in [2.24, 2.45) is 5.84 Å². The van der Waals surface area contributed by atoms with Gasteiger partial charge in [-0.25, -0.2) is 5.43 Å². The lowest BCUT2D eigenvalue weighted by Crippen LogP contribution is -2.29. The lowest BCUT2D eigenvalue weighted by molar-refractivity contribution is 0.633. The highest BCUT2D eigenvalue weighted by Crippen LogP contribution is 2.35. The van der Waals surface area contributed by atoms with Gasteiger partial charge in [-0.3, -0.25) is 5.84 Å². The van der Waals surface area contributed by atoms with Gasteiger partial charge in [0.15, 0.2) is 0 Å². The summed E-state index contributed by atoms with van der Waals surface area (Å²) >= 11 is 15.9. The molecule has 0 aliphatic heterocycles. The van der Waals surface area contributed by atoms with Gasteiger partial charge < -0.3 is 0 Å². The maximum atomic E-state index is 6.27. The lowest BCUT2D eigenvalue weighted by atomic mass is 9.95. The fourth-order valence-electron chi connectivity index (χ4n) is 2.03. The van der Waals surface area contributed by atoms with Gasteiger partial charge in [0.1, 0.15) is 0 Å². The second-order valence-corrected chi connectivity index (χ2v) is 5.84. The molecule has 5 heteroatoms. The first-order chi connectivity index (χ1) is 9.06. The molecule has 0 bridgehead atoms. The molecule has 2 rings (SSSR count). The number of rotatable bonds is 3. The van der Waals surface area contributed by atoms with E-state index in [9.17, 15) is 0 Å². The van der Waals surface area contributed by atoms with Gasteiger partial charge in [-0.05, 0) is 35.7 Å². The highest BCUT2D eigenvalue weighted by atomic mass is 79.9. The minimum absolute atomic E-state index is 0.205. The molecule has 0 heterocycles. The molecule has 0 saturated heterocycles. The number of benzene rings is 2. The van der Waals surface area contributed by atoms with Crippen LogP contribution in [0.25, 0.3) is 0 Å². The second-order valence-electron chi connectivity index (χ2n) is 4.20. The number of hydrogen-bond donors (Lipinski definition) is 2. The number of hydrazine groups is 1. The smallest absolute Gasteiger partial charge is 0.0728 e. The van der Waals surface area contributed by atoms with E-state index in [-0.39, 0.29) is 6.04 Å². The van der Waals surface area contributed by atoms with Crippen LogP contribution < -0.4 is 11.3 Å². The molecule has 2 aromatic carbocycles. The van der Waals surface area contributed by atoms with Gasteiger partial charge >= 0.3 is 0 Å². The SMILES string of the molecule is Cc1c(Br)cccc1C(NN)c1cccc(Cl)c1Cl. The van der Waals surface area contributed by atoms with Crippen molar-refractivity contribution in [1.29, 1.82) is 0 Å². The van der Waals surface area contributed by atoms with Crippen LogP contribution >= 0.6 is 39.1 Å². The minimum atomic E-state index is -0.205. The molecule has 0 radical (unpaired) electrons. The molecule has 1 atom stereocenters. The van der Waals surface area contributed by atoms with Gasteiger partial charge in [-0.15, -0.1) is 0 Å². The zero-order valence-electron chi connectivity index (χ0n) is 10.3. The van der Waals surface area contributed by atoms with Gasteiger partial charge in [0.05, 0.1) is 16.1 Å². The Morgan fingerprint density at radius 3 is 2.42 bits per heavy atom. The van der Waals surface area contributed by atoms with Crippen molar-refractivity contribution >= 4 is 39.1 Å². The van der Waals surface area contributed by atoms with E-state index in [1.54, 1.807) is 6.07 Å². The number of hydrogen-bond acceptors (Lipinski definition) is 2. The first-order valence-electron chi connectivity index (χ1n) is 5.71. The van der Waals surface area contributed by atoms with Crippen LogP contribution in [0.2, 0.25) is 10.0 Å². The Hall–Kier alpha value is -0.580. The molecule has 0 fully saturated rings. The van der Waals surface area contributed by atoms with E-state index in [2.05, 4.69) is 21.4 Å². The van der Waals surface area contributed by atoms with E-state index in [0.29, 0.717) is 10.0 Å². The van der Waals surface area contributed by atoms with Crippen molar-refractivity contribution in [3.63, 3.8) is 0 Å². The quantitative estimate of drug-likeness (QED) is 0.620. The van der Waals surface area contributed by atoms with Crippen LogP contribution in [-0.4, -0.2) is 0 Å². The molecule has 1 unspecified atom stereocenters. The second kappa shape index (κ2) is 6.25. The fraction of sp³-hybridized carbons (Fsp3) is 0.143. The van der Waals surface area contributed by atoms with E-state index in [1.807, 2.05) is 37.3 Å². The fourth-order valence-corrected chi connectivity index (χ4v) is 2.83. The summed E-state index contributed by atoms with van der Waals surface area (Å²) in [5.41, 5.74) is 5.83. The van der Waals surface area contributed by atoms with Crippen LogP contribution in [0.5, 0.6) is 0 Å². The zero-order valence-corrected chi connectivity index (χ0v) is 13.4. The average molecular weight is 360 g/mol. The summed E-state index contributed by atoms with van der Waals surface area (Å²) in [6, 6.07) is 11.3.